The minimum atomic E-state index is 0.366. The Kier molecular flexibility index (Phi) is 4.53. The third kappa shape index (κ3) is 2.92. The third-order valence-electron chi connectivity index (χ3n) is 3.78. The molecule has 0 bridgehead atoms. The van der Waals surface area contributed by atoms with Gasteiger partial charge in [-0.25, -0.2) is 0 Å². The van der Waals surface area contributed by atoms with Crippen molar-refractivity contribution in [1.82, 2.24) is 10.2 Å². The topological polar surface area (TPSA) is 24.5 Å². The molecule has 0 aromatic rings. The van der Waals surface area contributed by atoms with E-state index in [1.165, 1.54) is 31.0 Å². The fraction of sp³-hybridized carbons (Fsp3) is 1.00. The Balaban J connectivity index is 1.93. The average molecular weight is 244 g/mol. The van der Waals surface area contributed by atoms with E-state index in [2.05, 4.69) is 35.9 Å². The van der Waals surface area contributed by atoms with Crippen molar-refractivity contribution in [2.45, 2.75) is 19.4 Å². The van der Waals surface area contributed by atoms with Gasteiger partial charge >= 0.3 is 0 Å². The van der Waals surface area contributed by atoms with Crippen LogP contribution in [0, 0.1) is 5.41 Å². The maximum absolute atomic E-state index is 5.62. The molecule has 0 amide bonds. The van der Waals surface area contributed by atoms with Crippen molar-refractivity contribution in [3.63, 3.8) is 0 Å². The lowest BCUT2D eigenvalue weighted by Gasteiger charge is -2.39. The summed E-state index contributed by atoms with van der Waals surface area (Å²) < 4.78 is 5.62. The lowest BCUT2D eigenvalue weighted by molar-refractivity contribution is 0.0973. The van der Waals surface area contributed by atoms with Crippen LogP contribution in [0.3, 0.4) is 0 Å². The number of rotatable bonds is 4. The molecule has 0 aromatic heterocycles. The van der Waals surface area contributed by atoms with Crippen LogP contribution < -0.4 is 5.32 Å². The summed E-state index contributed by atoms with van der Waals surface area (Å²) >= 11 is 2.09. The van der Waals surface area contributed by atoms with E-state index < -0.39 is 0 Å². The largest absolute Gasteiger partial charge is 0.381 e. The highest BCUT2D eigenvalue weighted by molar-refractivity contribution is 7.99. The first kappa shape index (κ1) is 12.7. The number of nitrogens with one attached hydrogen (secondary N) is 1. The molecule has 2 fully saturated rings. The molecule has 2 aliphatic rings. The van der Waals surface area contributed by atoms with E-state index >= 15 is 0 Å². The third-order valence-corrected chi connectivity index (χ3v) is 4.97. The van der Waals surface area contributed by atoms with E-state index in [0.29, 0.717) is 5.41 Å². The van der Waals surface area contributed by atoms with Gasteiger partial charge in [-0.3, -0.25) is 4.90 Å². The van der Waals surface area contributed by atoms with Crippen LogP contribution in [0.1, 0.15) is 13.3 Å². The first-order chi connectivity index (χ1) is 7.76. The van der Waals surface area contributed by atoms with Gasteiger partial charge in [-0.15, -0.1) is 0 Å². The van der Waals surface area contributed by atoms with Crippen molar-refractivity contribution in [2.24, 2.45) is 5.41 Å². The zero-order valence-corrected chi connectivity index (χ0v) is 11.3. The monoisotopic (exact) mass is 244 g/mol. The quantitative estimate of drug-likeness (QED) is 0.799. The zero-order valence-electron chi connectivity index (χ0n) is 10.5. The highest BCUT2D eigenvalue weighted by Gasteiger charge is 2.37. The number of thioether (sulfide) groups is 1. The molecule has 4 heteroatoms. The summed E-state index contributed by atoms with van der Waals surface area (Å²) in [7, 11) is 2.05. The van der Waals surface area contributed by atoms with Crippen LogP contribution >= 0.6 is 11.8 Å². The molecule has 2 rings (SSSR count). The predicted octanol–water partition coefficient (Wildman–Crippen LogP) is 1.05. The van der Waals surface area contributed by atoms with Crippen molar-refractivity contribution in [1.29, 1.82) is 0 Å². The normalized spacial score (nSPS) is 36.8. The maximum Gasteiger partial charge on any atom is 0.0547 e. The summed E-state index contributed by atoms with van der Waals surface area (Å²) in [6, 6.07) is 0.730. The van der Waals surface area contributed by atoms with E-state index in [4.69, 9.17) is 4.74 Å². The molecule has 2 atom stereocenters. The summed E-state index contributed by atoms with van der Waals surface area (Å²) in [5.74, 6) is 2.58. The molecule has 2 heterocycles. The Bertz CT molecular complexity index is 219. The minimum Gasteiger partial charge on any atom is -0.381 e. The lowest BCUT2D eigenvalue weighted by atomic mass is 9.86. The number of hydrogen-bond donors (Lipinski definition) is 1. The smallest absolute Gasteiger partial charge is 0.0547 e. The van der Waals surface area contributed by atoms with E-state index in [1.807, 2.05) is 0 Å². The van der Waals surface area contributed by atoms with Gasteiger partial charge in [-0.1, -0.05) is 0 Å². The SMILES string of the molecule is CNCC1(CN2CCSCC2C)CCOC1. The molecule has 2 saturated heterocycles. The first-order valence-corrected chi connectivity index (χ1v) is 7.45. The van der Waals surface area contributed by atoms with Crippen LogP contribution in [0.15, 0.2) is 0 Å². The highest BCUT2D eigenvalue weighted by Crippen LogP contribution is 2.31. The van der Waals surface area contributed by atoms with Crippen LogP contribution in [0.25, 0.3) is 0 Å². The van der Waals surface area contributed by atoms with Crippen molar-refractivity contribution in [3.05, 3.63) is 0 Å². The zero-order chi connectivity index (χ0) is 11.4. The summed E-state index contributed by atoms with van der Waals surface area (Å²) in [5, 5.41) is 3.34. The number of nitrogens with zero attached hydrogens (tertiary/aromatic N) is 1. The fourth-order valence-corrected chi connectivity index (χ4v) is 3.85. The molecule has 0 radical (unpaired) electrons. The average Bonchev–Trinajstić information content (AvgIpc) is 2.71. The number of hydrogen-bond acceptors (Lipinski definition) is 4. The second kappa shape index (κ2) is 5.71. The van der Waals surface area contributed by atoms with Crippen molar-refractivity contribution in [3.8, 4) is 0 Å². The molecule has 16 heavy (non-hydrogen) atoms. The van der Waals surface area contributed by atoms with Gasteiger partial charge in [0, 0.05) is 49.2 Å². The number of ether oxygens (including phenoxy) is 1. The van der Waals surface area contributed by atoms with Crippen molar-refractivity contribution >= 4 is 11.8 Å². The van der Waals surface area contributed by atoms with Gasteiger partial charge < -0.3 is 10.1 Å². The first-order valence-electron chi connectivity index (χ1n) is 6.30. The Morgan fingerprint density at radius 3 is 3.06 bits per heavy atom. The summed E-state index contributed by atoms with van der Waals surface area (Å²) in [6.07, 6.45) is 1.21. The molecule has 0 aliphatic carbocycles. The van der Waals surface area contributed by atoms with Gasteiger partial charge in [0.15, 0.2) is 0 Å². The van der Waals surface area contributed by atoms with Crippen LogP contribution in [-0.4, -0.2) is 62.3 Å². The van der Waals surface area contributed by atoms with Gasteiger partial charge in [-0.05, 0) is 20.4 Å². The van der Waals surface area contributed by atoms with Gasteiger partial charge in [0.05, 0.1) is 6.61 Å². The maximum atomic E-state index is 5.62. The molecule has 0 saturated carbocycles. The molecule has 0 aromatic carbocycles. The van der Waals surface area contributed by atoms with Gasteiger partial charge in [0.25, 0.3) is 0 Å². The van der Waals surface area contributed by atoms with Crippen molar-refractivity contribution < 1.29 is 4.74 Å². The van der Waals surface area contributed by atoms with E-state index in [-0.39, 0.29) is 0 Å². The van der Waals surface area contributed by atoms with Gasteiger partial charge in [0.2, 0.25) is 0 Å². The van der Waals surface area contributed by atoms with Gasteiger partial charge in [0.1, 0.15) is 0 Å². The van der Waals surface area contributed by atoms with Crippen LogP contribution in [0.4, 0.5) is 0 Å². The predicted molar refractivity (Wildman–Crippen MR) is 70.2 cm³/mol. The minimum absolute atomic E-state index is 0.366. The summed E-state index contributed by atoms with van der Waals surface area (Å²) in [5.41, 5.74) is 0.366. The lowest BCUT2D eigenvalue weighted by Crippen LogP contribution is -2.50. The fourth-order valence-electron chi connectivity index (χ4n) is 2.77. The molecule has 2 unspecified atom stereocenters. The Labute approximate surface area is 103 Å². The van der Waals surface area contributed by atoms with Crippen LogP contribution in [0.5, 0.6) is 0 Å². The molecule has 3 nitrogen and oxygen atoms in total. The molecule has 0 spiro atoms. The van der Waals surface area contributed by atoms with Crippen LogP contribution in [0.2, 0.25) is 0 Å². The molecule has 1 N–H and O–H groups in total. The van der Waals surface area contributed by atoms with E-state index in [9.17, 15) is 0 Å². The second-order valence-electron chi connectivity index (χ2n) is 5.23. The van der Waals surface area contributed by atoms with E-state index in [1.54, 1.807) is 0 Å². The van der Waals surface area contributed by atoms with Gasteiger partial charge in [-0.2, -0.15) is 11.8 Å². The Morgan fingerprint density at radius 1 is 1.56 bits per heavy atom. The summed E-state index contributed by atoms with van der Waals surface area (Å²) in [6.45, 7) is 7.77. The molecule has 94 valence electrons. The standard InChI is InChI=1S/C12H24N2OS/c1-11-7-16-6-4-14(11)9-12(8-13-2)3-5-15-10-12/h11,13H,3-10H2,1-2H3. The summed E-state index contributed by atoms with van der Waals surface area (Å²) in [4.78, 5) is 2.66. The second-order valence-corrected chi connectivity index (χ2v) is 6.38. The highest BCUT2D eigenvalue weighted by atomic mass is 32.2. The van der Waals surface area contributed by atoms with E-state index in [0.717, 1.165) is 25.8 Å². The molecule has 2 aliphatic heterocycles. The Morgan fingerprint density at radius 2 is 2.44 bits per heavy atom. The Hall–Kier alpha value is 0.230. The molecular formula is C12H24N2OS. The van der Waals surface area contributed by atoms with Crippen LogP contribution in [-0.2, 0) is 4.74 Å². The molecular weight excluding hydrogens is 220 g/mol. The van der Waals surface area contributed by atoms with Crippen molar-refractivity contribution in [2.75, 3.05) is 51.4 Å².